The topological polar surface area (TPSA) is 60.2 Å². The predicted octanol–water partition coefficient (Wildman–Crippen LogP) is 4.30. The van der Waals surface area contributed by atoms with Gasteiger partial charge in [0.25, 0.3) is 0 Å². The maximum Gasteiger partial charge on any atom is 0.410 e. The SMILES string of the molecule is CC(C)(C)OC(=O)N1CC=C(c2ccc(-c3ncn(C4CC4)n3)cc2)CC1. The van der Waals surface area contributed by atoms with E-state index in [0.717, 1.165) is 17.8 Å². The highest BCUT2D eigenvalue weighted by Gasteiger charge is 2.25. The third kappa shape index (κ3) is 4.21. The zero-order chi connectivity index (χ0) is 19.0. The lowest BCUT2D eigenvalue weighted by Crippen LogP contribution is -2.39. The van der Waals surface area contributed by atoms with Crippen LogP contribution in [0.15, 0.2) is 36.7 Å². The van der Waals surface area contributed by atoms with Gasteiger partial charge in [0.15, 0.2) is 5.82 Å². The molecular formula is C21H26N4O2. The molecule has 1 aromatic carbocycles. The molecule has 6 nitrogen and oxygen atoms in total. The number of hydrogen-bond acceptors (Lipinski definition) is 4. The molecule has 2 heterocycles. The Labute approximate surface area is 159 Å². The third-order valence-corrected chi connectivity index (χ3v) is 4.80. The summed E-state index contributed by atoms with van der Waals surface area (Å²) in [6.45, 7) is 6.93. The molecule has 0 atom stereocenters. The average molecular weight is 366 g/mol. The molecule has 0 N–H and O–H groups in total. The summed E-state index contributed by atoms with van der Waals surface area (Å²) < 4.78 is 7.42. The summed E-state index contributed by atoms with van der Waals surface area (Å²) in [5.41, 5.74) is 3.02. The van der Waals surface area contributed by atoms with E-state index in [2.05, 4.69) is 40.4 Å². The molecule has 1 aromatic heterocycles. The highest BCUT2D eigenvalue weighted by molar-refractivity contribution is 5.73. The molecule has 0 bridgehead atoms. The van der Waals surface area contributed by atoms with E-state index < -0.39 is 5.60 Å². The van der Waals surface area contributed by atoms with Crippen molar-refractivity contribution in [2.45, 2.75) is 51.7 Å². The van der Waals surface area contributed by atoms with Crippen molar-refractivity contribution in [2.24, 2.45) is 0 Å². The van der Waals surface area contributed by atoms with Crippen LogP contribution >= 0.6 is 0 Å². The summed E-state index contributed by atoms with van der Waals surface area (Å²) in [7, 11) is 0. The molecule has 2 aliphatic rings. The Balaban J connectivity index is 1.41. The van der Waals surface area contributed by atoms with Gasteiger partial charge < -0.3 is 9.64 Å². The van der Waals surface area contributed by atoms with Crippen molar-refractivity contribution < 1.29 is 9.53 Å². The summed E-state index contributed by atoms with van der Waals surface area (Å²) in [6, 6.07) is 8.92. The Morgan fingerprint density at radius 3 is 2.44 bits per heavy atom. The lowest BCUT2D eigenvalue weighted by atomic mass is 9.98. The number of benzene rings is 1. The Morgan fingerprint density at radius 2 is 1.85 bits per heavy atom. The van der Waals surface area contributed by atoms with Crippen LogP contribution in [0.1, 0.15) is 51.6 Å². The van der Waals surface area contributed by atoms with E-state index in [1.54, 1.807) is 4.90 Å². The van der Waals surface area contributed by atoms with Crippen molar-refractivity contribution in [1.82, 2.24) is 19.7 Å². The maximum atomic E-state index is 12.2. The molecule has 1 aliphatic heterocycles. The van der Waals surface area contributed by atoms with Gasteiger partial charge in [0.05, 0.1) is 6.04 Å². The zero-order valence-corrected chi connectivity index (χ0v) is 16.2. The van der Waals surface area contributed by atoms with Crippen LogP contribution in [0.25, 0.3) is 17.0 Å². The summed E-state index contributed by atoms with van der Waals surface area (Å²) in [5.74, 6) is 0.780. The molecule has 4 rings (SSSR count). The Morgan fingerprint density at radius 1 is 1.15 bits per heavy atom. The molecule has 0 spiro atoms. The molecule has 0 saturated heterocycles. The second-order valence-corrected chi connectivity index (χ2v) is 8.26. The van der Waals surface area contributed by atoms with Gasteiger partial charge in [0.2, 0.25) is 0 Å². The highest BCUT2D eigenvalue weighted by atomic mass is 16.6. The minimum absolute atomic E-state index is 0.245. The first-order chi connectivity index (χ1) is 12.9. The van der Waals surface area contributed by atoms with Crippen LogP contribution in [0.3, 0.4) is 0 Å². The molecule has 1 fully saturated rings. The Kier molecular flexibility index (Phi) is 4.50. The van der Waals surface area contributed by atoms with E-state index in [9.17, 15) is 4.79 Å². The molecule has 27 heavy (non-hydrogen) atoms. The van der Waals surface area contributed by atoms with Crippen molar-refractivity contribution >= 4 is 11.7 Å². The molecule has 1 aliphatic carbocycles. The minimum atomic E-state index is -0.461. The summed E-state index contributed by atoms with van der Waals surface area (Å²) in [6.07, 6.45) is 6.93. The fraction of sp³-hybridized carbons (Fsp3) is 0.476. The van der Waals surface area contributed by atoms with Crippen molar-refractivity contribution in [3.63, 3.8) is 0 Å². The van der Waals surface area contributed by atoms with Crippen molar-refractivity contribution in [3.8, 4) is 11.4 Å². The van der Waals surface area contributed by atoms with E-state index >= 15 is 0 Å². The molecule has 1 saturated carbocycles. The number of rotatable bonds is 3. The summed E-state index contributed by atoms with van der Waals surface area (Å²) in [4.78, 5) is 18.3. The first-order valence-electron chi connectivity index (χ1n) is 9.58. The van der Waals surface area contributed by atoms with Crippen LogP contribution in [-0.2, 0) is 4.74 Å². The Bertz CT molecular complexity index is 857. The van der Waals surface area contributed by atoms with E-state index in [1.165, 1.54) is 24.0 Å². The van der Waals surface area contributed by atoms with E-state index in [4.69, 9.17) is 4.74 Å². The monoisotopic (exact) mass is 366 g/mol. The van der Waals surface area contributed by atoms with E-state index in [1.807, 2.05) is 31.8 Å². The molecule has 0 unspecified atom stereocenters. The molecule has 1 amide bonds. The van der Waals surface area contributed by atoms with Gasteiger partial charge >= 0.3 is 6.09 Å². The van der Waals surface area contributed by atoms with Gasteiger partial charge in [0.1, 0.15) is 11.9 Å². The van der Waals surface area contributed by atoms with Gasteiger partial charge in [-0.2, -0.15) is 5.10 Å². The number of hydrogen-bond donors (Lipinski definition) is 0. The fourth-order valence-electron chi connectivity index (χ4n) is 3.18. The van der Waals surface area contributed by atoms with Gasteiger partial charge in [0, 0.05) is 18.7 Å². The lowest BCUT2D eigenvalue weighted by molar-refractivity contribution is 0.0270. The first-order valence-corrected chi connectivity index (χ1v) is 9.58. The molecule has 2 aromatic rings. The van der Waals surface area contributed by atoms with E-state index in [-0.39, 0.29) is 6.09 Å². The third-order valence-electron chi connectivity index (χ3n) is 4.80. The second kappa shape index (κ2) is 6.83. The highest BCUT2D eigenvalue weighted by Crippen LogP contribution is 2.34. The molecule has 142 valence electrons. The maximum absolute atomic E-state index is 12.2. The van der Waals surface area contributed by atoms with E-state index in [0.29, 0.717) is 19.1 Å². The van der Waals surface area contributed by atoms with Crippen LogP contribution in [0.5, 0.6) is 0 Å². The standard InChI is InChI=1S/C21H26N4O2/c1-21(2,3)27-20(26)24-12-10-16(11-13-24)15-4-6-17(7-5-15)19-22-14-25(23-19)18-8-9-18/h4-7,10,14,18H,8-9,11-13H2,1-3H3. The number of carbonyl (C=O) groups is 1. The average Bonchev–Trinajstić information content (AvgIpc) is 3.38. The van der Waals surface area contributed by atoms with Crippen LogP contribution in [0.2, 0.25) is 0 Å². The van der Waals surface area contributed by atoms with Crippen molar-refractivity contribution in [3.05, 3.63) is 42.2 Å². The number of nitrogens with zero attached hydrogens (tertiary/aromatic N) is 4. The number of ether oxygens (including phenoxy) is 1. The normalized spacial score (nSPS) is 17.6. The zero-order valence-electron chi connectivity index (χ0n) is 16.2. The Hall–Kier alpha value is -2.63. The molecule has 0 radical (unpaired) electrons. The predicted molar refractivity (Wildman–Crippen MR) is 104 cm³/mol. The molecular weight excluding hydrogens is 340 g/mol. The largest absolute Gasteiger partial charge is 0.444 e. The van der Waals surface area contributed by atoms with Crippen molar-refractivity contribution in [1.29, 1.82) is 0 Å². The fourth-order valence-corrected chi connectivity index (χ4v) is 3.18. The molecule has 6 heteroatoms. The lowest BCUT2D eigenvalue weighted by Gasteiger charge is -2.29. The van der Waals surface area contributed by atoms with Gasteiger partial charge in [-0.05, 0) is 51.2 Å². The number of aromatic nitrogens is 3. The van der Waals surface area contributed by atoms with Crippen molar-refractivity contribution in [2.75, 3.05) is 13.1 Å². The van der Waals surface area contributed by atoms with Gasteiger partial charge in [-0.1, -0.05) is 30.3 Å². The minimum Gasteiger partial charge on any atom is -0.444 e. The first kappa shape index (κ1) is 17.8. The number of amides is 1. The number of carbonyl (C=O) groups excluding carboxylic acids is 1. The second-order valence-electron chi connectivity index (χ2n) is 8.26. The van der Waals surface area contributed by atoms with Crippen LogP contribution in [0.4, 0.5) is 4.79 Å². The summed E-state index contributed by atoms with van der Waals surface area (Å²) in [5, 5.41) is 4.58. The van der Waals surface area contributed by atoms with Crippen LogP contribution in [0, 0.1) is 0 Å². The summed E-state index contributed by atoms with van der Waals surface area (Å²) >= 11 is 0. The van der Waals surface area contributed by atoms with Crippen LogP contribution in [-0.4, -0.2) is 44.4 Å². The van der Waals surface area contributed by atoms with Gasteiger partial charge in [-0.15, -0.1) is 0 Å². The van der Waals surface area contributed by atoms with Gasteiger partial charge in [-0.25, -0.2) is 14.5 Å². The smallest absolute Gasteiger partial charge is 0.410 e. The van der Waals surface area contributed by atoms with Gasteiger partial charge in [-0.3, -0.25) is 0 Å². The van der Waals surface area contributed by atoms with Crippen LogP contribution < -0.4 is 0 Å². The quantitative estimate of drug-likeness (QED) is 0.812.